The zero-order valence-corrected chi connectivity index (χ0v) is 11.4. The summed E-state index contributed by atoms with van der Waals surface area (Å²) < 4.78 is 0. The van der Waals surface area contributed by atoms with E-state index >= 15 is 0 Å². The molecule has 0 aliphatic carbocycles. The second-order valence-corrected chi connectivity index (χ2v) is 4.60. The fourth-order valence-electron chi connectivity index (χ4n) is 1.94. The SMILES string of the molecule is Cc1ccc(C(C#N)N(C)C(=O)c2cccnc2)cc1. The molecule has 100 valence electrons. The summed E-state index contributed by atoms with van der Waals surface area (Å²) in [6.07, 6.45) is 3.11. The van der Waals surface area contributed by atoms with Crippen molar-refractivity contribution in [2.45, 2.75) is 13.0 Å². The molecule has 0 N–H and O–H groups in total. The van der Waals surface area contributed by atoms with Crippen molar-refractivity contribution in [1.29, 1.82) is 5.26 Å². The largest absolute Gasteiger partial charge is 0.322 e. The van der Waals surface area contributed by atoms with E-state index in [-0.39, 0.29) is 5.91 Å². The van der Waals surface area contributed by atoms with Crippen molar-refractivity contribution in [3.05, 3.63) is 65.5 Å². The lowest BCUT2D eigenvalue weighted by Gasteiger charge is -2.23. The number of pyridine rings is 1. The van der Waals surface area contributed by atoms with Gasteiger partial charge in [-0.2, -0.15) is 5.26 Å². The van der Waals surface area contributed by atoms with Crippen LogP contribution in [0.3, 0.4) is 0 Å². The Kier molecular flexibility index (Phi) is 4.11. The molecule has 20 heavy (non-hydrogen) atoms. The molecule has 1 heterocycles. The molecule has 0 radical (unpaired) electrons. The van der Waals surface area contributed by atoms with Gasteiger partial charge in [0.25, 0.3) is 5.91 Å². The molecule has 0 spiro atoms. The Hall–Kier alpha value is -2.67. The van der Waals surface area contributed by atoms with Crippen LogP contribution in [0, 0.1) is 18.3 Å². The van der Waals surface area contributed by atoms with Gasteiger partial charge in [-0.15, -0.1) is 0 Å². The van der Waals surface area contributed by atoms with Gasteiger partial charge in [0, 0.05) is 19.4 Å². The van der Waals surface area contributed by atoms with Crippen LogP contribution in [0.2, 0.25) is 0 Å². The molecule has 0 aliphatic heterocycles. The summed E-state index contributed by atoms with van der Waals surface area (Å²) in [5, 5.41) is 9.36. The first kappa shape index (κ1) is 13.8. The minimum atomic E-state index is -0.608. The van der Waals surface area contributed by atoms with Crippen molar-refractivity contribution >= 4 is 5.91 Å². The summed E-state index contributed by atoms with van der Waals surface area (Å²) >= 11 is 0. The number of hydrogen-bond donors (Lipinski definition) is 0. The van der Waals surface area contributed by atoms with E-state index in [1.165, 1.54) is 11.1 Å². The Bertz CT molecular complexity index is 629. The van der Waals surface area contributed by atoms with Crippen molar-refractivity contribution in [2.24, 2.45) is 0 Å². The molecule has 1 amide bonds. The van der Waals surface area contributed by atoms with E-state index in [9.17, 15) is 10.1 Å². The average molecular weight is 265 g/mol. The van der Waals surface area contributed by atoms with Crippen molar-refractivity contribution in [3.63, 3.8) is 0 Å². The highest BCUT2D eigenvalue weighted by Gasteiger charge is 2.22. The van der Waals surface area contributed by atoms with Crippen LogP contribution in [0.15, 0.2) is 48.8 Å². The maximum atomic E-state index is 12.3. The molecule has 0 fully saturated rings. The fourth-order valence-corrected chi connectivity index (χ4v) is 1.94. The first-order chi connectivity index (χ1) is 9.63. The van der Waals surface area contributed by atoms with Gasteiger partial charge in [-0.05, 0) is 24.6 Å². The van der Waals surface area contributed by atoms with E-state index in [2.05, 4.69) is 11.1 Å². The number of rotatable bonds is 3. The fraction of sp³-hybridized carbons (Fsp3) is 0.188. The Morgan fingerprint density at radius 1 is 1.30 bits per heavy atom. The van der Waals surface area contributed by atoms with Crippen LogP contribution >= 0.6 is 0 Å². The van der Waals surface area contributed by atoms with E-state index in [0.717, 1.165) is 11.1 Å². The van der Waals surface area contributed by atoms with Crippen LogP contribution in [0.4, 0.5) is 0 Å². The van der Waals surface area contributed by atoms with Crippen LogP contribution in [0.25, 0.3) is 0 Å². The van der Waals surface area contributed by atoms with Crippen molar-refractivity contribution in [2.75, 3.05) is 7.05 Å². The highest BCUT2D eigenvalue weighted by atomic mass is 16.2. The van der Waals surface area contributed by atoms with Crippen LogP contribution in [-0.2, 0) is 0 Å². The van der Waals surface area contributed by atoms with E-state index < -0.39 is 6.04 Å². The number of nitrogens with zero attached hydrogens (tertiary/aromatic N) is 3. The molecule has 0 saturated carbocycles. The molecule has 1 aromatic carbocycles. The molecule has 1 atom stereocenters. The number of benzene rings is 1. The smallest absolute Gasteiger partial charge is 0.256 e. The van der Waals surface area contributed by atoms with Crippen molar-refractivity contribution in [3.8, 4) is 6.07 Å². The molecular formula is C16H15N3O. The van der Waals surface area contributed by atoms with Crippen LogP contribution in [0.5, 0.6) is 0 Å². The summed E-state index contributed by atoms with van der Waals surface area (Å²) in [6, 6.07) is 12.6. The zero-order chi connectivity index (χ0) is 14.5. The summed E-state index contributed by atoms with van der Waals surface area (Å²) in [7, 11) is 1.63. The van der Waals surface area contributed by atoms with Gasteiger partial charge in [-0.25, -0.2) is 0 Å². The highest BCUT2D eigenvalue weighted by Crippen LogP contribution is 2.20. The number of aryl methyl sites for hydroxylation is 1. The van der Waals surface area contributed by atoms with Gasteiger partial charge in [-0.3, -0.25) is 9.78 Å². The predicted octanol–water partition coefficient (Wildman–Crippen LogP) is 2.73. The minimum absolute atomic E-state index is 0.217. The van der Waals surface area contributed by atoms with Gasteiger partial charge in [-0.1, -0.05) is 29.8 Å². The van der Waals surface area contributed by atoms with Crippen LogP contribution in [-0.4, -0.2) is 22.8 Å². The molecular weight excluding hydrogens is 250 g/mol. The average Bonchev–Trinajstić information content (AvgIpc) is 2.50. The normalized spacial score (nSPS) is 11.4. The maximum Gasteiger partial charge on any atom is 0.256 e. The van der Waals surface area contributed by atoms with E-state index in [4.69, 9.17) is 0 Å². The highest BCUT2D eigenvalue weighted by molar-refractivity contribution is 5.94. The van der Waals surface area contributed by atoms with Crippen LogP contribution < -0.4 is 0 Å². The molecule has 4 nitrogen and oxygen atoms in total. The number of hydrogen-bond acceptors (Lipinski definition) is 3. The maximum absolute atomic E-state index is 12.3. The Morgan fingerprint density at radius 2 is 2.00 bits per heavy atom. The molecule has 4 heteroatoms. The number of amides is 1. The number of nitriles is 1. The molecule has 0 bridgehead atoms. The number of carbonyl (C=O) groups is 1. The summed E-state index contributed by atoms with van der Waals surface area (Å²) in [5.41, 5.74) is 2.40. The minimum Gasteiger partial charge on any atom is -0.322 e. The van der Waals surface area contributed by atoms with Gasteiger partial charge in [0.1, 0.15) is 6.04 Å². The lowest BCUT2D eigenvalue weighted by Crippen LogP contribution is -2.30. The molecule has 2 aromatic rings. The van der Waals surface area contributed by atoms with Gasteiger partial charge in [0.2, 0.25) is 0 Å². The molecule has 2 rings (SSSR count). The Labute approximate surface area is 118 Å². The molecule has 0 saturated heterocycles. The van der Waals surface area contributed by atoms with Crippen LogP contribution in [0.1, 0.15) is 27.5 Å². The quantitative estimate of drug-likeness (QED) is 0.857. The predicted molar refractivity (Wildman–Crippen MR) is 75.9 cm³/mol. The third kappa shape index (κ3) is 2.83. The molecule has 0 aliphatic rings. The lowest BCUT2D eigenvalue weighted by atomic mass is 10.0. The molecule has 1 unspecified atom stereocenters. The van der Waals surface area contributed by atoms with Gasteiger partial charge >= 0.3 is 0 Å². The standard InChI is InChI=1S/C16H15N3O/c1-12-5-7-13(8-6-12)15(10-17)19(2)16(20)14-4-3-9-18-11-14/h3-9,11,15H,1-2H3. The Balaban J connectivity index is 2.26. The first-order valence-electron chi connectivity index (χ1n) is 6.27. The number of carbonyl (C=O) groups excluding carboxylic acids is 1. The zero-order valence-electron chi connectivity index (χ0n) is 11.4. The van der Waals surface area contributed by atoms with Gasteiger partial charge < -0.3 is 4.90 Å². The lowest BCUT2D eigenvalue weighted by molar-refractivity contribution is 0.0763. The van der Waals surface area contributed by atoms with Crippen molar-refractivity contribution < 1.29 is 4.79 Å². The van der Waals surface area contributed by atoms with Gasteiger partial charge in [0.05, 0.1) is 11.6 Å². The first-order valence-corrected chi connectivity index (χ1v) is 6.27. The topological polar surface area (TPSA) is 57.0 Å². The third-order valence-corrected chi connectivity index (χ3v) is 3.13. The second-order valence-electron chi connectivity index (χ2n) is 4.60. The van der Waals surface area contributed by atoms with E-state index in [1.807, 2.05) is 31.2 Å². The van der Waals surface area contributed by atoms with E-state index in [1.54, 1.807) is 25.4 Å². The van der Waals surface area contributed by atoms with Gasteiger partial charge in [0.15, 0.2) is 0 Å². The summed E-state index contributed by atoms with van der Waals surface area (Å²) in [6.45, 7) is 1.98. The van der Waals surface area contributed by atoms with Crippen molar-refractivity contribution in [1.82, 2.24) is 9.88 Å². The third-order valence-electron chi connectivity index (χ3n) is 3.13. The Morgan fingerprint density at radius 3 is 2.55 bits per heavy atom. The summed E-state index contributed by atoms with van der Waals surface area (Å²) in [5.74, 6) is -0.217. The summed E-state index contributed by atoms with van der Waals surface area (Å²) in [4.78, 5) is 17.7. The second kappa shape index (κ2) is 5.98. The van der Waals surface area contributed by atoms with E-state index in [0.29, 0.717) is 5.56 Å². The monoisotopic (exact) mass is 265 g/mol. The molecule has 1 aromatic heterocycles. The number of aromatic nitrogens is 1.